The Kier molecular flexibility index (Phi) is 3.09. The highest BCUT2D eigenvalue weighted by atomic mass is 35.5. The summed E-state index contributed by atoms with van der Waals surface area (Å²) in [6.45, 7) is 0.911. The maximum Gasteiger partial charge on any atom is 0.140 e. The topological polar surface area (TPSA) is 39.9 Å². The first kappa shape index (κ1) is 13.6. The first-order valence-corrected chi connectivity index (χ1v) is 8.05. The number of fused-ring (bicyclic) bond motifs is 2. The molecule has 0 radical (unpaired) electrons. The molecular weight excluding hydrogens is 294 g/mol. The van der Waals surface area contributed by atoms with Crippen LogP contribution in [0.4, 0.5) is 11.4 Å². The lowest BCUT2D eigenvalue weighted by atomic mass is 9.84. The van der Waals surface area contributed by atoms with E-state index in [1.807, 2.05) is 24.3 Å². The standard InChI is InChI=1S/C18H16ClN3/c19-14-5-1-2-6-15(14)22-12-18(9-3-4-10-18)17-16(22)8-7-13(11-20)21-17/h1-2,5-8H,3-4,9-10,12H2. The van der Waals surface area contributed by atoms with E-state index < -0.39 is 0 Å². The molecule has 2 heterocycles. The van der Waals surface area contributed by atoms with E-state index in [1.165, 1.54) is 12.8 Å². The number of hydrogen-bond acceptors (Lipinski definition) is 3. The molecule has 0 bridgehead atoms. The molecule has 1 aliphatic carbocycles. The Morgan fingerprint density at radius 3 is 2.59 bits per heavy atom. The van der Waals surface area contributed by atoms with Crippen LogP contribution in [0.25, 0.3) is 0 Å². The highest BCUT2D eigenvalue weighted by Gasteiger charge is 2.46. The van der Waals surface area contributed by atoms with Crippen molar-refractivity contribution in [3.8, 4) is 6.07 Å². The summed E-state index contributed by atoms with van der Waals surface area (Å²) >= 11 is 6.41. The van der Waals surface area contributed by atoms with Gasteiger partial charge in [-0.05, 0) is 37.1 Å². The second kappa shape index (κ2) is 5.00. The van der Waals surface area contributed by atoms with Gasteiger partial charge in [0.05, 0.1) is 22.1 Å². The number of nitriles is 1. The van der Waals surface area contributed by atoms with Crippen molar-refractivity contribution in [1.82, 2.24) is 4.98 Å². The average molecular weight is 310 g/mol. The fourth-order valence-electron chi connectivity index (χ4n) is 3.92. The lowest BCUT2D eigenvalue weighted by Gasteiger charge is -2.25. The van der Waals surface area contributed by atoms with Crippen LogP contribution in [0.2, 0.25) is 5.02 Å². The van der Waals surface area contributed by atoms with Crippen molar-refractivity contribution < 1.29 is 0 Å². The van der Waals surface area contributed by atoms with Gasteiger partial charge in [-0.1, -0.05) is 36.6 Å². The largest absolute Gasteiger partial charge is 0.338 e. The number of rotatable bonds is 1. The predicted octanol–water partition coefficient (Wildman–Crippen LogP) is 4.57. The van der Waals surface area contributed by atoms with Gasteiger partial charge in [-0.2, -0.15) is 5.26 Å². The first-order chi connectivity index (χ1) is 10.7. The molecule has 4 heteroatoms. The third-order valence-corrected chi connectivity index (χ3v) is 5.27. The van der Waals surface area contributed by atoms with Gasteiger partial charge in [0.1, 0.15) is 11.8 Å². The fourth-order valence-corrected chi connectivity index (χ4v) is 4.15. The summed E-state index contributed by atoms with van der Waals surface area (Å²) in [7, 11) is 0. The molecule has 22 heavy (non-hydrogen) atoms. The number of aromatic nitrogens is 1. The van der Waals surface area contributed by atoms with Crippen molar-refractivity contribution in [2.45, 2.75) is 31.1 Å². The number of halogens is 1. The van der Waals surface area contributed by atoms with Gasteiger partial charge in [-0.25, -0.2) is 4.98 Å². The molecule has 0 amide bonds. The summed E-state index contributed by atoms with van der Waals surface area (Å²) in [4.78, 5) is 6.94. The van der Waals surface area contributed by atoms with Gasteiger partial charge in [-0.15, -0.1) is 0 Å². The Morgan fingerprint density at radius 1 is 1.09 bits per heavy atom. The fraction of sp³-hybridized carbons (Fsp3) is 0.333. The molecule has 0 saturated heterocycles. The molecule has 0 atom stereocenters. The Hall–Kier alpha value is -2.05. The Labute approximate surface area is 135 Å². The van der Waals surface area contributed by atoms with Crippen molar-refractivity contribution in [2.75, 3.05) is 11.4 Å². The monoisotopic (exact) mass is 309 g/mol. The van der Waals surface area contributed by atoms with Crippen LogP contribution >= 0.6 is 11.6 Å². The number of para-hydroxylation sites is 1. The summed E-state index contributed by atoms with van der Waals surface area (Å²) < 4.78 is 0. The predicted molar refractivity (Wildman–Crippen MR) is 87.6 cm³/mol. The Morgan fingerprint density at radius 2 is 1.86 bits per heavy atom. The maximum absolute atomic E-state index is 9.18. The van der Waals surface area contributed by atoms with Crippen LogP contribution in [-0.4, -0.2) is 11.5 Å². The minimum absolute atomic E-state index is 0.0847. The summed E-state index contributed by atoms with van der Waals surface area (Å²) in [5.41, 5.74) is 3.81. The molecule has 1 saturated carbocycles. The third-order valence-electron chi connectivity index (χ3n) is 4.95. The van der Waals surface area contributed by atoms with Gasteiger partial charge < -0.3 is 4.90 Å². The van der Waals surface area contributed by atoms with Crippen molar-refractivity contribution >= 4 is 23.0 Å². The van der Waals surface area contributed by atoms with Crippen molar-refractivity contribution in [3.05, 3.63) is 52.8 Å². The van der Waals surface area contributed by atoms with Crippen LogP contribution in [0, 0.1) is 11.3 Å². The molecule has 0 unspecified atom stereocenters. The highest BCUT2D eigenvalue weighted by molar-refractivity contribution is 6.33. The lowest BCUT2D eigenvalue weighted by Crippen LogP contribution is -2.29. The quantitative estimate of drug-likeness (QED) is 0.774. The molecule has 4 rings (SSSR count). The van der Waals surface area contributed by atoms with Crippen molar-refractivity contribution in [2.24, 2.45) is 0 Å². The van der Waals surface area contributed by atoms with E-state index in [-0.39, 0.29) is 5.41 Å². The first-order valence-electron chi connectivity index (χ1n) is 7.67. The van der Waals surface area contributed by atoms with E-state index in [9.17, 15) is 5.26 Å². The average Bonchev–Trinajstić information content (AvgIpc) is 3.14. The van der Waals surface area contributed by atoms with Crippen LogP contribution in [0.15, 0.2) is 36.4 Å². The molecule has 2 aromatic rings. The van der Waals surface area contributed by atoms with Gasteiger partial charge >= 0.3 is 0 Å². The van der Waals surface area contributed by atoms with Crippen molar-refractivity contribution in [1.29, 1.82) is 5.26 Å². The molecule has 1 aromatic heterocycles. The summed E-state index contributed by atoms with van der Waals surface area (Å²) in [6.07, 6.45) is 4.74. The summed E-state index contributed by atoms with van der Waals surface area (Å²) in [6, 6.07) is 13.9. The SMILES string of the molecule is N#Cc1ccc2c(n1)C1(CCCC1)CN2c1ccccc1Cl. The summed E-state index contributed by atoms with van der Waals surface area (Å²) in [5.74, 6) is 0. The zero-order valence-corrected chi connectivity index (χ0v) is 13.0. The van der Waals surface area contributed by atoms with Crippen LogP contribution in [0.5, 0.6) is 0 Å². The Balaban J connectivity index is 1.89. The molecule has 1 fully saturated rings. The zero-order chi connectivity index (χ0) is 15.2. The van der Waals surface area contributed by atoms with Crippen LogP contribution in [0.1, 0.15) is 37.1 Å². The number of nitrogens with zero attached hydrogens (tertiary/aromatic N) is 3. The normalized spacial score (nSPS) is 18.5. The molecule has 0 N–H and O–H groups in total. The van der Waals surface area contributed by atoms with E-state index in [0.717, 1.165) is 41.5 Å². The zero-order valence-electron chi connectivity index (χ0n) is 12.2. The minimum Gasteiger partial charge on any atom is -0.338 e. The summed E-state index contributed by atoms with van der Waals surface area (Å²) in [5, 5.41) is 9.94. The third kappa shape index (κ3) is 1.91. The van der Waals surface area contributed by atoms with Gasteiger partial charge in [-0.3, -0.25) is 0 Å². The van der Waals surface area contributed by atoms with E-state index in [2.05, 4.69) is 22.0 Å². The van der Waals surface area contributed by atoms with E-state index >= 15 is 0 Å². The van der Waals surface area contributed by atoms with Gasteiger partial charge in [0.15, 0.2) is 0 Å². The molecule has 1 aromatic carbocycles. The van der Waals surface area contributed by atoms with Gasteiger partial charge in [0, 0.05) is 12.0 Å². The second-order valence-corrected chi connectivity index (χ2v) is 6.61. The minimum atomic E-state index is 0.0847. The highest BCUT2D eigenvalue weighted by Crippen LogP contribution is 2.52. The Bertz CT molecular complexity index is 772. The molecule has 3 nitrogen and oxygen atoms in total. The van der Waals surface area contributed by atoms with Crippen LogP contribution in [0.3, 0.4) is 0 Å². The van der Waals surface area contributed by atoms with Gasteiger partial charge in [0.25, 0.3) is 0 Å². The number of hydrogen-bond donors (Lipinski definition) is 0. The van der Waals surface area contributed by atoms with Crippen molar-refractivity contribution in [3.63, 3.8) is 0 Å². The number of anilines is 2. The molecule has 110 valence electrons. The maximum atomic E-state index is 9.18. The van der Waals surface area contributed by atoms with E-state index in [1.54, 1.807) is 6.07 Å². The molecule has 1 spiro atoms. The molecule has 1 aliphatic heterocycles. The second-order valence-electron chi connectivity index (χ2n) is 6.20. The van der Waals surface area contributed by atoms with Crippen LogP contribution < -0.4 is 4.90 Å². The number of benzene rings is 1. The molecular formula is C18H16ClN3. The van der Waals surface area contributed by atoms with E-state index in [0.29, 0.717) is 5.69 Å². The molecule has 2 aliphatic rings. The van der Waals surface area contributed by atoms with Crippen LogP contribution in [-0.2, 0) is 5.41 Å². The lowest BCUT2D eigenvalue weighted by molar-refractivity contribution is 0.465. The smallest absolute Gasteiger partial charge is 0.140 e. The van der Waals surface area contributed by atoms with Gasteiger partial charge in [0.2, 0.25) is 0 Å². The van der Waals surface area contributed by atoms with E-state index in [4.69, 9.17) is 11.6 Å². The number of pyridine rings is 1.